The van der Waals surface area contributed by atoms with Crippen LogP contribution in [0.25, 0.3) is 0 Å². The second kappa shape index (κ2) is 7.38. The molecule has 0 fully saturated rings. The zero-order valence-electron chi connectivity index (χ0n) is 11.3. The summed E-state index contributed by atoms with van der Waals surface area (Å²) in [6.45, 7) is 0.592. The fourth-order valence-electron chi connectivity index (χ4n) is 1.56. The summed E-state index contributed by atoms with van der Waals surface area (Å²) in [5.74, 6) is -0.143. The molecular formula is C13H18N2O4. The van der Waals surface area contributed by atoms with E-state index in [-0.39, 0.29) is 12.5 Å². The summed E-state index contributed by atoms with van der Waals surface area (Å²) in [5, 5.41) is 5.48. The molecule has 0 aliphatic heterocycles. The number of carbonyl (C=O) groups is 2. The van der Waals surface area contributed by atoms with Crippen molar-refractivity contribution in [2.24, 2.45) is 0 Å². The fourth-order valence-corrected chi connectivity index (χ4v) is 1.56. The molecule has 0 aromatic heterocycles. The largest absolute Gasteiger partial charge is 0.496 e. The van der Waals surface area contributed by atoms with Crippen LogP contribution >= 0.6 is 0 Å². The number of nitrogens with one attached hydrogen (secondary N) is 2. The molecule has 0 unspecified atom stereocenters. The fraction of sp³-hybridized carbons (Fsp3) is 0.385. The van der Waals surface area contributed by atoms with Gasteiger partial charge in [-0.15, -0.1) is 0 Å². The van der Waals surface area contributed by atoms with E-state index in [0.29, 0.717) is 17.9 Å². The highest BCUT2D eigenvalue weighted by Gasteiger charge is 2.13. The van der Waals surface area contributed by atoms with Gasteiger partial charge in [-0.05, 0) is 24.7 Å². The van der Waals surface area contributed by atoms with E-state index in [2.05, 4.69) is 15.4 Å². The second-order valence-corrected chi connectivity index (χ2v) is 3.83. The molecule has 0 saturated heterocycles. The Morgan fingerprint density at radius 2 is 2.00 bits per heavy atom. The van der Waals surface area contributed by atoms with Gasteiger partial charge in [0.25, 0.3) is 0 Å². The van der Waals surface area contributed by atoms with E-state index >= 15 is 0 Å². The second-order valence-electron chi connectivity index (χ2n) is 3.83. The van der Waals surface area contributed by atoms with Gasteiger partial charge in [0.1, 0.15) is 11.3 Å². The third-order valence-corrected chi connectivity index (χ3v) is 2.50. The van der Waals surface area contributed by atoms with Crippen LogP contribution in [0.2, 0.25) is 0 Å². The van der Waals surface area contributed by atoms with Crippen LogP contribution in [0.15, 0.2) is 18.2 Å². The minimum absolute atomic E-state index is 0.113. The number of methoxy groups -OCH3 is 2. The number of likely N-dealkylation sites (N-methyl/N-ethyl adjacent to an activating group) is 1. The lowest BCUT2D eigenvalue weighted by atomic mass is 10.1. The Kier molecular flexibility index (Phi) is 5.81. The Bertz CT molecular complexity index is 460. The first-order valence-corrected chi connectivity index (χ1v) is 5.79. The normalized spacial score (nSPS) is 9.84. The zero-order chi connectivity index (χ0) is 14.3. The SMILES string of the molecule is CNCC(=O)NCc1ccc(OC)c(C(=O)OC)c1. The molecule has 1 rings (SSSR count). The van der Waals surface area contributed by atoms with Gasteiger partial charge in [-0.2, -0.15) is 0 Å². The predicted octanol–water partition coefficient (Wildman–Crippen LogP) is 0.317. The molecule has 1 aromatic rings. The standard InChI is InChI=1S/C13H18N2O4/c1-14-8-12(16)15-7-9-4-5-11(18-2)10(6-9)13(17)19-3/h4-6,14H,7-8H2,1-3H3,(H,15,16). The van der Waals surface area contributed by atoms with E-state index in [1.54, 1.807) is 25.2 Å². The highest BCUT2D eigenvalue weighted by molar-refractivity contribution is 5.92. The van der Waals surface area contributed by atoms with E-state index in [4.69, 9.17) is 4.74 Å². The Labute approximate surface area is 112 Å². The first-order valence-electron chi connectivity index (χ1n) is 5.79. The maximum absolute atomic E-state index is 11.6. The molecule has 1 amide bonds. The smallest absolute Gasteiger partial charge is 0.341 e. The molecule has 1 aromatic carbocycles. The molecule has 0 radical (unpaired) electrons. The van der Waals surface area contributed by atoms with Gasteiger partial charge < -0.3 is 20.1 Å². The first-order chi connectivity index (χ1) is 9.12. The molecule has 2 N–H and O–H groups in total. The van der Waals surface area contributed by atoms with Crippen LogP contribution in [0.3, 0.4) is 0 Å². The lowest BCUT2D eigenvalue weighted by Crippen LogP contribution is -2.31. The molecular weight excluding hydrogens is 248 g/mol. The Balaban J connectivity index is 2.80. The number of hydrogen-bond donors (Lipinski definition) is 2. The number of benzene rings is 1. The monoisotopic (exact) mass is 266 g/mol. The van der Waals surface area contributed by atoms with Crippen molar-refractivity contribution in [1.29, 1.82) is 0 Å². The van der Waals surface area contributed by atoms with Gasteiger partial charge in [0.05, 0.1) is 20.8 Å². The minimum Gasteiger partial charge on any atom is -0.496 e. The summed E-state index contributed by atoms with van der Waals surface area (Å²) in [5.41, 5.74) is 1.14. The van der Waals surface area contributed by atoms with E-state index in [1.807, 2.05) is 0 Å². The molecule has 6 heteroatoms. The van der Waals surface area contributed by atoms with Gasteiger partial charge in [-0.25, -0.2) is 4.79 Å². The Hall–Kier alpha value is -2.08. The first kappa shape index (κ1) is 15.0. The van der Waals surface area contributed by atoms with E-state index in [9.17, 15) is 9.59 Å². The summed E-state index contributed by atoms with van der Waals surface area (Å²) in [7, 11) is 4.49. The summed E-state index contributed by atoms with van der Waals surface area (Å²) < 4.78 is 9.77. The van der Waals surface area contributed by atoms with E-state index in [1.165, 1.54) is 14.2 Å². The quantitative estimate of drug-likeness (QED) is 0.725. The van der Waals surface area contributed by atoms with Crippen molar-refractivity contribution in [3.8, 4) is 5.75 Å². The average Bonchev–Trinajstić information content (AvgIpc) is 2.44. The minimum atomic E-state index is -0.472. The topological polar surface area (TPSA) is 76.7 Å². The number of carbonyl (C=O) groups excluding carboxylic acids is 2. The molecule has 0 aliphatic rings. The molecule has 0 spiro atoms. The molecule has 0 heterocycles. The van der Waals surface area contributed by atoms with Gasteiger partial charge in [-0.1, -0.05) is 6.07 Å². The third kappa shape index (κ3) is 4.26. The molecule has 19 heavy (non-hydrogen) atoms. The Morgan fingerprint density at radius 3 is 2.58 bits per heavy atom. The summed E-state index contributed by atoms with van der Waals surface area (Å²) in [4.78, 5) is 22.9. The number of esters is 1. The summed E-state index contributed by atoms with van der Waals surface area (Å²) >= 11 is 0. The van der Waals surface area contributed by atoms with Gasteiger partial charge >= 0.3 is 5.97 Å². The highest BCUT2D eigenvalue weighted by atomic mass is 16.5. The van der Waals surface area contributed by atoms with Crippen molar-refractivity contribution in [2.45, 2.75) is 6.54 Å². The molecule has 0 bridgehead atoms. The zero-order valence-corrected chi connectivity index (χ0v) is 11.3. The van der Waals surface area contributed by atoms with Crippen molar-refractivity contribution >= 4 is 11.9 Å². The Morgan fingerprint density at radius 1 is 1.26 bits per heavy atom. The molecule has 0 aliphatic carbocycles. The predicted molar refractivity (Wildman–Crippen MR) is 70.1 cm³/mol. The van der Waals surface area contributed by atoms with Gasteiger partial charge in [0.15, 0.2) is 0 Å². The van der Waals surface area contributed by atoms with Gasteiger partial charge in [-0.3, -0.25) is 4.79 Å². The third-order valence-electron chi connectivity index (χ3n) is 2.50. The van der Waals surface area contributed by atoms with Crippen LogP contribution in [0, 0.1) is 0 Å². The van der Waals surface area contributed by atoms with Crippen LogP contribution in [-0.4, -0.2) is 39.7 Å². The van der Waals surface area contributed by atoms with Crippen molar-refractivity contribution < 1.29 is 19.1 Å². The molecule has 6 nitrogen and oxygen atoms in total. The van der Waals surface area contributed by atoms with Crippen molar-refractivity contribution in [3.05, 3.63) is 29.3 Å². The average molecular weight is 266 g/mol. The number of rotatable bonds is 6. The maximum Gasteiger partial charge on any atom is 0.341 e. The van der Waals surface area contributed by atoms with E-state index in [0.717, 1.165) is 5.56 Å². The van der Waals surface area contributed by atoms with E-state index < -0.39 is 5.97 Å². The number of hydrogen-bond acceptors (Lipinski definition) is 5. The highest BCUT2D eigenvalue weighted by Crippen LogP contribution is 2.20. The molecule has 0 atom stereocenters. The van der Waals surface area contributed by atoms with Gasteiger partial charge in [0.2, 0.25) is 5.91 Å². The molecule has 104 valence electrons. The van der Waals surface area contributed by atoms with Crippen molar-refractivity contribution in [3.63, 3.8) is 0 Å². The number of amides is 1. The van der Waals surface area contributed by atoms with Crippen LogP contribution in [0.5, 0.6) is 5.75 Å². The maximum atomic E-state index is 11.6. The van der Waals surface area contributed by atoms with Crippen LogP contribution in [0.1, 0.15) is 15.9 Å². The summed E-state index contributed by atoms with van der Waals surface area (Å²) in [6.07, 6.45) is 0. The lowest BCUT2D eigenvalue weighted by molar-refractivity contribution is -0.120. The van der Waals surface area contributed by atoms with Crippen molar-refractivity contribution in [1.82, 2.24) is 10.6 Å². The lowest BCUT2D eigenvalue weighted by Gasteiger charge is -2.10. The van der Waals surface area contributed by atoms with Crippen LogP contribution in [-0.2, 0) is 16.1 Å². The summed E-state index contributed by atoms with van der Waals surface area (Å²) in [6, 6.07) is 5.10. The van der Waals surface area contributed by atoms with Crippen LogP contribution in [0.4, 0.5) is 0 Å². The molecule has 0 saturated carbocycles. The van der Waals surface area contributed by atoms with Gasteiger partial charge in [0, 0.05) is 6.54 Å². The van der Waals surface area contributed by atoms with Crippen LogP contribution < -0.4 is 15.4 Å². The van der Waals surface area contributed by atoms with Crippen molar-refractivity contribution in [2.75, 3.05) is 27.8 Å². The number of ether oxygens (including phenoxy) is 2.